The summed E-state index contributed by atoms with van der Waals surface area (Å²) >= 11 is 0. The fourth-order valence-corrected chi connectivity index (χ4v) is 2.31. The van der Waals surface area contributed by atoms with Gasteiger partial charge in [0, 0.05) is 12.0 Å². The second-order valence-corrected chi connectivity index (χ2v) is 8.72. The van der Waals surface area contributed by atoms with E-state index in [2.05, 4.69) is 60.7 Å². The van der Waals surface area contributed by atoms with Gasteiger partial charge in [0.15, 0.2) is 0 Å². The van der Waals surface area contributed by atoms with Crippen LogP contribution < -0.4 is 5.32 Å². The summed E-state index contributed by atoms with van der Waals surface area (Å²) in [6.07, 6.45) is 1.97. The molecule has 0 bridgehead atoms. The van der Waals surface area contributed by atoms with Crippen LogP contribution in [0.15, 0.2) is 0 Å². The summed E-state index contributed by atoms with van der Waals surface area (Å²) in [6, 6.07) is 0.231. The monoisotopic (exact) mass is 269 g/mol. The van der Waals surface area contributed by atoms with E-state index in [1.54, 1.807) is 0 Å². The van der Waals surface area contributed by atoms with E-state index in [0.717, 1.165) is 12.8 Å². The van der Waals surface area contributed by atoms with Crippen LogP contribution in [0.25, 0.3) is 0 Å². The molecule has 2 heteroatoms. The van der Waals surface area contributed by atoms with E-state index in [1.165, 1.54) is 0 Å². The number of hydrogen-bond donors (Lipinski definition) is 1. The Bertz CT molecular complexity index is 281. The topological polar surface area (TPSA) is 29.1 Å². The van der Waals surface area contributed by atoms with Gasteiger partial charge >= 0.3 is 0 Å². The normalized spacial score (nSPS) is 16.3. The third-order valence-corrected chi connectivity index (χ3v) is 3.45. The first-order valence-corrected chi connectivity index (χ1v) is 7.63. The van der Waals surface area contributed by atoms with Crippen LogP contribution in [0.3, 0.4) is 0 Å². The molecule has 1 N–H and O–H groups in total. The van der Waals surface area contributed by atoms with E-state index in [4.69, 9.17) is 0 Å². The quantitative estimate of drug-likeness (QED) is 0.774. The number of rotatable bonds is 5. The summed E-state index contributed by atoms with van der Waals surface area (Å²) < 4.78 is 0. The average Bonchev–Trinajstić information content (AvgIpc) is 2.11. The first-order chi connectivity index (χ1) is 8.33. The van der Waals surface area contributed by atoms with Crippen molar-refractivity contribution in [2.45, 2.75) is 81.2 Å². The molecular weight excluding hydrogens is 234 g/mol. The van der Waals surface area contributed by atoms with Crippen molar-refractivity contribution in [2.75, 3.05) is 0 Å². The standard InChI is InChI=1S/C17H35NO/c1-12(2)10-13(3)15(19)18-14(17(7,8)9)11-16(4,5)6/h12-14H,10-11H2,1-9H3,(H,18,19). The van der Waals surface area contributed by atoms with Crippen LogP contribution in [-0.4, -0.2) is 11.9 Å². The molecule has 0 aromatic rings. The molecule has 0 aromatic heterocycles. The zero-order chi connectivity index (χ0) is 15.4. The highest BCUT2D eigenvalue weighted by Crippen LogP contribution is 2.30. The number of amides is 1. The second-order valence-electron chi connectivity index (χ2n) is 8.72. The second kappa shape index (κ2) is 6.76. The molecule has 19 heavy (non-hydrogen) atoms. The van der Waals surface area contributed by atoms with E-state index < -0.39 is 0 Å². The lowest BCUT2D eigenvalue weighted by Gasteiger charge is -2.37. The highest BCUT2D eigenvalue weighted by molar-refractivity contribution is 5.78. The van der Waals surface area contributed by atoms with Gasteiger partial charge in [-0.05, 0) is 29.6 Å². The van der Waals surface area contributed by atoms with Crippen molar-refractivity contribution in [2.24, 2.45) is 22.7 Å². The molecular formula is C17H35NO. The molecule has 0 saturated carbocycles. The largest absolute Gasteiger partial charge is 0.353 e. The van der Waals surface area contributed by atoms with Gasteiger partial charge in [0.25, 0.3) is 0 Å². The smallest absolute Gasteiger partial charge is 0.223 e. The molecule has 0 aliphatic rings. The Balaban J connectivity index is 4.70. The first kappa shape index (κ1) is 18.5. The number of carbonyl (C=O) groups excluding carboxylic acids is 1. The average molecular weight is 269 g/mol. The molecule has 0 fully saturated rings. The van der Waals surface area contributed by atoms with Crippen LogP contribution in [0.5, 0.6) is 0 Å². The number of hydrogen-bond acceptors (Lipinski definition) is 1. The Morgan fingerprint density at radius 1 is 1.00 bits per heavy atom. The molecule has 114 valence electrons. The van der Waals surface area contributed by atoms with Gasteiger partial charge in [0.2, 0.25) is 5.91 Å². The molecule has 0 rings (SSSR count). The summed E-state index contributed by atoms with van der Waals surface area (Å²) in [5.74, 6) is 0.874. The molecule has 0 heterocycles. The van der Waals surface area contributed by atoms with Gasteiger partial charge in [-0.25, -0.2) is 0 Å². The SMILES string of the molecule is CC(C)CC(C)C(=O)NC(CC(C)(C)C)C(C)(C)C. The lowest BCUT2D eigenvalue weighted by atomic mass is 9.76. The van der Waals surface area contributed by atoms with Crippen LogP contribution in [0, 0.1) is 22.7 Å². The van der Waals surface area contributed by atoms with Crippen molar-refractivity contribution in [1.29, 1.82) is 0 Å². The van der Waals surface area contributed by atoms with Gasteiger partial charge < -0.3 is 5.32 Å². The van der Waals surface area contributed by atoms with Gasteiger partial charge in [-0.15, -0.1) is 0 Å². The molecule has 0 radical (unpaired) electrons. The summed E-state index contributed by atoms with van der Waals surface area (Å²) in [5, 5.41) is 3.28. The zero-order valence-electron chi connectivity index (χ0n) is 14.6. The maximum absolute atomic E-state index is 12.3. The van der Waals surface area contributed by atoms with E-state index in [9.17, 15) is 4.79 Å². The molecule has 0 aliphatic carbocycles. The van der Waals surface area contributed by atoms with Crippen molar-refractivity contribution >= 4 is 5.91 Å². The summed E-state index contributed by atoms with van der Waals surface area (Å²) in [7, 11) is 0. The Morgan fingerprint density at radius 2 is 1.47 bits per heavy atom. The van der Waals surface area contributed by atoms with Crippen molar-refractivity contribution in [3.8, 4) is 0 Å². The van der Waals surface area contributed by atoms with Gasteiger partial charge in [-0.1, -0.05) is 62.3 Å². The van der Waals surface area contributed by atoms with Crippen LogP contribution in [-0.2, 0) is 4.79 Å². The van der Waals surface area contributed by atoms with Crippen molar-refractivity contribution in [3.05, 3.63) is 0 Å². The molecule has 2 unspecified atom stereocenters. The van der Waals surface area contributed by atoms with Crippen LogP contribution in [0.1, 0.15) is 75.2 Å². The molecule has 0 spiro atoms. The Hall–Kier alpha value is -0.530. The lowest BCUT2D eigenvalue weighted by molar-refractivity contribution is -0.126. The minimum absolute atomic E-state index is 0.0977. The maximum Gasteiger partial charge on any atom is 0.223 e. The predicted octanol–water partition coefficient (Wildman–Crippen LogP) is 4.64. The molecule has 0 aromatic carbocycles. The van der Waals surface area contributed by atoms with E-state index in [0.29, 0.717) is 5.92 Å². The van der Waals surface area contributed by atoms with E-state index in [1.807, 2.05) is 6.92 Å². The fraction of sp³-hybridized carbons (Fsp3) is 0.941. The van der Waals surface area contributed by atoms with Crippen LogP contribution in [0.2, 0.25) is 0 Å². The predicted molar refractivity (Wildman–Crippen MR) is 84.1 cm³/mol. The summed E-state index contributed by atoms with van der Waals surface area (Å²) in [5.41, 5.74) is 0.326. The highest BCUT2D eigenvalue weighted by atomic mass is 16.1. The Labute approximate surface area is 120 Å². The molecule has 2 atom stereocenters. The third-order valence-electron chi connectivity index (χ3n) is 3.45. The minimum atomic E-state index is 0.0977. The fourth-order valence-electron chi connectivity index (χ4n) is 2.31. The van der Waals surface area contributed by atoms with Crippen LogP contribution in [0.4, 0.5) is 0 Å². The minimum Gasteiger partial charge on any atom is -0.353 e. The molecule has 0 saturated heterocycles. The lowest BCUT2D eigenvalue weighted by Crippen LogP contribution is -2.47. The van der Waals surface area contributed by atoms with Gasteiger partial charge in [0.05, 0.1) is 0 Å². The van der Waals surface area contributed by atoms with Crippen molar-refractivity contribution in [1.82, 2.24) is 5.32 Å². The van der Waals surface area contributed by atoms with Crippen LogP contribution >= 0.6 is 0 Å². The number of nitrogens with one attached hydrogen (secondary N) is 1. The van der Waals surface area contributed by atoms with Gasteiger partial charge in [0.1, 0.15) is 0 Å². The van der Waals surface area contributed by atoms with Gasteiger partial charge in [-0.3, -0.25) is 4.79 Å². The summed E-state index contributed by atoms with van der Waals surface area (Å²) in [4.78, 5) is 12.3. The van der Waals surface area contributed by atoms with E-state index >= 15 is 0 Å². The van der Waals surface area contributed by atoms with E-state index in [-0.39, 0.29) is 28.7 Å². The van der Waals surface area contributed by atoms with Crippen molar-refractivity contribution < 1.29 is 4.79 Å². The molecule has 1 amide bonds. The third kappa shape index (κ3) is 8.28. The first-order valence-electron chi connectivity index (χ1n) is 7.63. The Morgan fingerprint density at radius 3 is 1.79 bits per heavy atom. The molecule has 2 nitrogen and oxygen atoms in total. The number of carbonyl (C=O) groups is 1. The highest BCUT2D eigenvalue weighted by Gasteiger charge is 2.31. The summed E-state index contributed by atoms with van der Waals surface area (Å²) in [6.45, 7) is 19.7. The van der Waals surface area contributed by atoms with Gasteiger partial charge in [-0.2, -0.15) is 0 Å². The zero-order valence-corrected chi connectivity index (χ0v) is 14.6. The van der Waals surface area contributed by atoms with Crippen molar-refractivity contribution in [3.63, 3.8) is 0 Å². The Kier molecular flexibility index (Phi) is 6.57. The molecule has 0 aliphatic heterocycles. The maximum atomic E-state index is 12.3.